The number of hydrogen-bond donors (Lipinski definition) is 2. The Labute approximate surface area is 74.7 Å². The first-order chi connectivity index (χ1) is 6.04. The van der Waals surface area contributed by atoms with Crippen LogP contribution in [-0.4, -0.2) is 59.2 Å². The van der Waals surface area contributed by atoms with Gasteiger partial charge in [0.1, 0.15) is 6.54 Å². The van der Waals surface area contributed by atoms with E-state index < -0.39 is 11.9 Å². The number of quaternary nitrogens is 1. The lowest BCUT2D eigenvalue weighted by Gasteiger charge is -2.25. The highest BCUT2D eigenvalue weighted by atomic mass is 16.4. The molecule has 0 fully saturated rings. The fourth-order valence-electron chi connectivity index (χ4n) is 1.38. The molecule has 0 aromatic carbocycles. The van der Waals surface area contributed by atoms with E-state index in [-0.39, 0.29) is 17.6 Å². The average Bonchev–Trinajstić information content (AvgIpc) is 2.33. The molecular formula is C7H11N2O4+. The zero-order valence-corrected chi connectivity index (χ0v) is 7.01. The molecular weight excluding hydrogens is 176 g/mol. The van der Waals surface area contributed by atoms with E-state index in [4.69, 9.17) is 10.2 Å². The fourth-order valence-corrected chi connectivity index (χ4v) is 1.38. The van der Waals surface area contributed by atoms with Crippen molar-refractivity contribution in [3.8, 4) is 0 Å². The second-order valence-corrected chi connectivity index (χ2v) is 3.07. The van der Waals surface area contributed by atoms with Gasteiger partial charge in [0.25, 0.3) is 0 Å². The van der Waals surface area contributed by atoms with E-state index in [0.717, 1.165) is 0 Å². The Morgan fingerprint density at radius 1 is 1.31 bits per heavy atom. The lowest BCUT2D eigenvalue weighted by molar-refractivity contribution is -0.813. The van der Waals surface area contributed by atoms with Crippen LogP contribution >= 0.6 is 0 Å². The molecule has 0 bridgehead atoms. The Kier molecular flexibility index (Phi) is 2.62. The predicted octanol–water partition coefficient (Wildman–Crippen LogP) is -0.986. The summed E-state index contributed by atoms with van der Waals surface area (Å²) in [6.45, 7) is 0.532. The van der Waals surface area contributed by atoms with Crippen molar-refractivity contribution in [1.82, 2.24) is 0 Å². The molecule has 0 aromatic rings. The van der Waals surface area contributed by atoms with Gasteiger partial charge in [-0.2, -0.15) is 0 Å². The van der Waals surface area contributed by atoms with Gasteiger partial charge in [0.2, 0.25) is 0 Å². The number of hydrogen-bond acceptors (Lipinski definition) is 3. The molecule has 0 radical (unpaired) electrons. The van der Waals surface area contributed by atoms with Gasteiger partial charge in [0, 0.05) is 0 Å². The highest BCUT2D eigenvalue weighted by molar-refractivity contribution is 5.73. The molecule has 0 unspecified atom stereocenters. The first kappa shape index (κ1) is 9.66. The Morgan fingerprint density at radius 3 is 2.15 bits per heavy atom. The maximum Gasteiger partial charge on any atom is 0.359 e. The second kappa shape index (κ2) is 3.53. The molecule has 72 valence electrons. The van der Waals surface area contributed by atoms with Gasteiger partial charge < -0.3 is 10.2 Å². The van der Waals surface area contributed by atoms with Gasteiger partial charge in [-0.1, -0.05) is 0 Å². The van der Waals surface area contributed by atoms with Crippen LogP contribution in [0.5, 0.6) is 0 Å². The van der Waals surface area contributed by atoms with Gasteiger partial charge in [-0.05, 0) is 0 Å². The maximum atomic E-state index is 10.5. The second-order valence-electron chi connectivity index (χ2n) is 3.07. The summed E-state index contributed by atoms with van der Waals surface area (Å²) in [7, 11) is 0. The molecule has 6 nitrogen and oxygen atoms in total. The number of carbonyl (C=O) groups is 2. The third kappa shape index (κ3) is 2.51. The molecule has 0 atom stereocenters. The molecule has 2 N–H and O–H groups in total. The molecule has 0 spiro atoms. The summed E-state index contributed by atoms with van der Waals surface area (Å²) < 4.78 is -0.0787. The standard InChI is InChI=1S/C7H10N2O4/c10-6(11)3-9(4-7(12)13)2-1-8-5-9/h5H,1-4H2,(H-,10,11,12,13)/p+1. The summed E-state index contributed by atoms with van der Waals surface area (Å²) in [5.41, 5.74) is 0. The van der Waals surface area contributed by atoms with E-state index >= 15 is 0 Å². The minimum absolute atomic E-state index is 0.0787. The summed E-state index contributed by atoms with van der Waals surface area (Å²) in [6.07, 6.45) is 1.42. The largest absolute Gasteiger partial charge is 0.477 e. The van der Waals surface area contributed by atoms with E-state index in [9.17, 15) is 9.59 Å². The SMILES string of the molecule is O=C(O)C[N+]1(CC(=O)O)C=NCC1. The zero-order valence-electron chi connectivity index (χ0n) is 7.01. The lowest BCUT2D eigenvalue weighted by Crippen LogP contribution is -2.51. The summed E-state index contributed by atoms with van der Waals surface area (Å²) in [5, 5.41) is 17.2. The van der Waals surface area contributed by atoms with Crippen LogP contribution in [0.3, 0.4) is 0 Å². The van der Waals surface area contributed by atoms with Crippen molar-refractivity contribution < 1.29 is 24.3 Å². The van der Waals surface area contributed by atoms with Crippen LogP contribution in [0.2, 0.25) is 0 Å². The summed E-state index contributed by atoms with van der Waals surface area (Å²) in [5.74, 6) is -2.01. The van der Waals surface area contributed by atoms with Crippen molar-refractivity contribution in [3.05, 3.63) is 0 Å². The van der Waals surface area contributed by atoms with Gasteiger partial charge in [-0.3, -0.25) is 4.48 Å². The molecule has 0 amide bonds. The van der Waals surface area contributed by atoms with Crippen molar-refractivity contribution >= 4 is 18.3 Å². The first-order valence-electron chi connectivity index (χ1n) is 3.84. The Bertz CT molecular complexity index is 245. The third-order valence-electron chi connectivity index (χ3n) is 1.90. The number of rotatable bonds is 4. The average molecular weight is 187 g/mol. The van der Waals surface area contributed by atoms with Crippen LogP contribution in [0.4, 0.5) is 0 Å². The maximum absolute atomic E-state index is 10.5. The van der Waals surface area contributed by atoms with E-state index in [2.05, 4.69) is 4.99 Å². The van der Waals surface area contributed by atoms with Crippen LogP contribution in [-0.2, 0) is 9.59 Å². The van der Waals surface area contributed by atoms with Gasteiger partial charge >= 0.3 is 11.9 Å². The van der Waals surface area contributed by atoms with Gasteiger partial charge in [-0.25, -0.2) is 14.6 Å². The van der Waals surface area contributed by atoms with Crippen molar-refractivity contribution in [2.75, 3.05) is 26.2 Å². The van der Waals surface area contributed by atoms with E-state index in [1.165, 1.54) is 6.34 Å². The molecule has 1 aliphatic heterocycles. The van der Waals surface area contributed by atoms with Crippen molar-refractivity contribution in [2.24, 2.45) is 4.99 Å². The predicted molar refractivity (Wildman–Crippen MR) is 43.5 cm³/mol. The van der Waals surface area contributed by atoms with Gasteiger partial charge in [0.15, 0.2) is 19.4 Å². The number of carboxylic acid groups (broad SMARTS) is 2. The summed E-state index contributed by atoms with van der Waals surface area (Å²) in [4.78, 5) is 24.8. The van der Waals surface area contributed by atoms with E-state index in [1.807, 2.05) is 0 Å². The normalized spacial score (nSPS) is 18.8. The highest BCUT2D eigenvalue weighted by Crippen LogP contribution is 2.08. The fraction of sp³-hybridized carbons (Fsp3) is 0.571. The Morgan fingerprint density at radius 2 is 1.85 bits per heavy atom. The summed E-state index contributed by atoms with van der Waals surface area (Å²) in [6, 6.07) is 0. The Hall–Kier alpha value is -1.43. The molecule has 6 heteroatoms. The molecule has 0 aromatic heterocycles. The molecule has 13 heavy (non-hydrogen) atoms. The molecule has 1 heterocycles. The van der Waals surface area contributed by atoms with Gasteiger partial charge in [-0.15, -0.1) is 0 Å². The zero-order chi connectivity index (χ0) is 9.90. The molecule has 1 aliphatic rings. The van der Waals surface area contributed by atoms with Crippen LogP contribution in [0.1, 0.15) is 0 Å². The highest BCUT2D eigenvalue weighted by Gasteiger charge is 2.34. The van der Waals surface area contributed by atoms with E-state index in [0.29, 0.717) is 13.1 Å². The molecule has 0 aliphatic carbocycles. The lowest BCUT2D eigenvalue weighted by atomic mass is 10.3. The minimum atomic E-state index is -1.00. The van der Waals surface area contributed by atoms with Crippen LogP contribution in [0, 0.1) is 0 Å². The van der Waals surface area contributed by atoms with Crippen LogP contribution in [0.15, 0.2) is 4.99 Å². The van der Waals surface area contributed by atoms with Gasteiger partial charge in [0.05, 0.1) is 6.54 Å². The first-order valence-corrected chi connectivity index (χ1v) is 3.84. The Balaban J connectivity index is 2.69. The third-order valence-corrected chi connectivity index (χ3v) is 1.90. The number of aliphatic carboxylic acids is 2. The van der Waals surface area contributed by atoms with Crippen molar-refractivity contribution in [3.63, 3.8) is 0 Å². The quantitative estimate of drug-likeness (QED) is 0.553. The van der Waals surface area contributed by atoms with Crippen molar-refractivity contribution in [2.45, 2.75) is 0 Å². The monoisotopic (exact) mass is 187 g/mol. The topological polar surface area (TPSA) is 87.0 Å². The van der Waals surface area contributed by atoms with Crippen LogP contribution < -0.4 is 0 Å². The number of aliphatic imine (C=N–C) groups is 1. The molecule has 1 rings (SSSR count). The smallest absolute Gasteiger partial charge is 0.359 e. The summed E-state index contributed by atoms with van der Waals surface area (Å²) >= 11 is 0. The molecule has 0 saturated heterocycles. The number of carboxylic acids is 2. The molecule has 0 saturated carbocycles. The van der Waals surface area contributed by atoms with E-state index in [1.54, 1.807) is 0 Å². The van der Waals surface area contributed by atoms with Crippen molar-refractivity contribution in [1.29, 1.82) is 0 Å². The van der Waals surface area contributed by atoms with Crippen LogP contribution in [0.25, 0.3) is 0 Å². The minimum Gasteiger partial charge on any atom is -0.477 e. The number of nitrogens with zero attached hydrogens (tertiary/aromatic N) is 2.